The molecule has 9 atom stereocenters. The van der Waals surface area contributed by atoms with Crippen LogP contribution in [0.3, 0.4) is 0 Å². The summed E-state index contributed by atoms with van der Waals surface area (Å²) >= 11 is 0. The number of hydrogen-bond donors (Lipinski definition) is 1. The number of aliphatic hydroxyl groups excluding tert-OH is 1. The van der Waals surface area contributed by atoms with E-state index < -0.39 is 31.3 Å². The van der Waals surface area contributed by atoms with Crippen LogP contribution in [-0.4, -0.2) is 74.5 Å². The number of epoxide rings is 1. The van der Waals surface area contributed by atoms with Gasteiger partial charge in [0, 0.05) is 7.11 Å². The van der Waals surface area contributed by atoms with Crippen LogP contribution in [0.4, 0.5) is 0 Å². The van der Waals surface area contributed by atoms with Crippen LogP contribution in [-0.2, 0) is 33.2 Å². The number of aliphatic hydroxyl groups is 1. The number of ether oxygens (including phenoxy) is 7. The van der Waals surface area contributed by atoms with Gasteiger partial charge < -0.3 is 38.3 Å². The molecular weight excluding hydrogens is 272 g/mol. The van der Waals surface area contributed by atoms with Gasteiger partial charge in [-0.3, -0.25) is 0 Å². The van der Waals surface area contributed by atoms with Gasteiger partial charge in [-0.25, -0.2) is 0 Å². The first-order valence-corrected chi connectivity index (χ1v) is 6.77. The molecule has 8 heteroatoms. The highest BCUT2D eigenvalue weighted by Crippen LogP contribution is 2.39. The van der Waals surface area contributed by atoms with E-state index in [9.17, 15) is 5.11 Å². The van der Waals surface area contributed by atoms with Gasteiger partial charge in [-0.2, -0.15) is 0 Å². The minimum absolute atomic E-state index is 0.197. The van der Waals surface area contributed by atoms with Crippen LogP contribution in [0.15, 0.2) is 0 Å². The molecule has 0 spiro atoms. The van der Waals surface area contributed by atoms with E-state index in [4.69, 9.17) is 33.2 Å². The molecule has 2 bridgehead atoms. The van der Waals surface area contributed by atoms with E-state index in [-0.39, 0.29) is 24.4 Å². The summed E-state index contributed by atoms with van der Waals surface area (Å²) in [4.78, 5) is 0. The molecule has 4 fully saturated rings. The zero-order chi connectivity index (χ0) is 13.9. The highest BCUT2D eigenvalue weighted by molar-refractivity contribution is 4.96. The summed E-state index contributed by atoms with van der Waals surface area (Å²) < 4.78 is 38.3. The van der Waals surface area contributed by atoms with Gasteiger partial charge in [0.2, 0.25) is 0 Å². The van der Waals surface area contributed by atoms with Gasteiger partial charge in [0.1, 0.15) is 30.5 Å². The fraction of sp³-hybridized carbons (Fsp3) is 1.00. The van der Waals surface area contributed by atoms with Crippen LogP contribution < -0.4 is 0 Å². The topological polar surface area (TPSA) is 88.1 Å². The lowest BCUT2D eigenvalue weighted by Gasteiger charge is -2.38. The molecule has 0 aromatic rings. The maximum atomic E-state index is 10.1. The van der Waals surface area contributed by atoms with Crippen LogP contribution in [0.25, 0.3) is 0 Å². The minimum Gasteiger partial charge on any atom is -0.387 e. The molecule has 4 heterocycles. The molecular formula is C12H18O8. The number of methoxy groups -OCH3 is 1. The lowest BCUT2D eigenvalue weighted by molar-refractivity contribution is -0.343. The van der Waals surface area contributed by atoms with Crippen molar-refractivity contribution in [3.05, 3.63) is 0 Å². The van der Waals surface area contributed by atoms with Gasteiger partial charge in [0.05, 0.1) is 12.7 Å². The van der Waals surface area contributed by atoms with Crippen molar-refractivity contribution in [2.75, 3.05) is 13.7 Å². The summed E-state index contributed by atoms with van der Waals surface area (Å²) in [5, 5.41) is 10.1. The fourth-order valence-corrected chi connectivity index (χ4v) is 2.92. The Morgan fingerprint density at radius 1 is 1.10 bits per heavy atom. The predicted octanol–water partition coefficient (Wildman–Crippen LogP) is -1.05. The van der Waals surface area contributed by atoms with E-state index in [0.717, 1.165) is 0 Å². The standard InChI is InChI=1S/C12H18O8/c1-4-7(5-3-15-12(16-4)17-5)18-10-8(14-2)6(13)9-11(19-9)20-10/h4-13H,3H2,1-2H3/t4-,5?,6?,7?,8?,9?,10?,11?,12?/m0/s1. The predicted molar refractivity (Wildman–Crippen MR) is 60.4 cm³/mol. The molecule has 0 radical (unpaired) electrons. The fourth-order valence-electron chi connectivity index (χ4n) is 2.92. The molecule has 4 saturated heterocycles. The largest absolute Gasteiger partial charge is 0.387 e. The third-order valence-electron chi connectivity index (χ3n) is 4.09. The van der Waals surface area contributed by atoms with Crippen molar-refractivity contribution in [3.8, 4) is 0 Å². The van der Waals surface area contributed by atoms with Crippen molar-refractivity contribution in [3.63, 3.8) is 0 Å². The van der Waals surface area contributed by atoms with Crippen LogP contribution in [0.2, 0.25) is 0 Å². The summed E-state index contributed by atoms with van der Waals surface area (Å²) in [5.74, 6) is 0. The van der Waals surface area contributed by atoms with Gasteiger partial charge in [-0.1, -0.05) is 0 Å². The number of hydrogen-bond acceptors (Lipinski definition) is 8. The Kier molecular flexibility index (Phi) is 3.24. The molecule has 0 amide bonds. The Balaban J connectivity index is 1.46. The molecule has 4 aliphatic rings. The van der Waals surface area contributed by atoms with Crippen molar-refractivity contribution in [1.29, 1.82) is 0 Å². The van der Waals surface area contributed by atoms with Gasteiger partial charge in [0.25, 0.3) is 6.48 Å². The third-order valence-corrected chi connectivity index (χ3v) is 4.09. The highest BCUT2D eigenvalue weighted by atomic mass is 16.9. The molecule has 4 rings (SSSR count). The Bertz CT molecular complexity index is 378. The Hall–Kier alpha value is -0.320. The average molecular weight is 290 g/mol. The summed E-state index contributed by atoms with van der Waals surface area (Å²) in [6.07, 6.45) is -3.60. The van der Waals surface area contributed by atoms with Gasteiger partial charge in [0.15, 0.2) is 12.6 Å². The maximum Gasteiger partial charge on any atom is 0.272 e. The highest BCUT2D eigenvalue weighted by Gasteiger charge is 2.58. The first-order chi connectivity index (χ1) is 9.67. The van der Waals surface area contributed by atoms with Crippen molar-refractivity contribution < 1.29 is 38.3 Å². The summed E-state index contributed by atoms with van der Waals surface area (Å²) in [7, 11) is 1.50. The van der Waals surface area contributed by atoms with E-state index in [0.29, 0.717) is 6.61 Å². The second-order valence-corrected chi connectivity index (χ2v) is 5.40. The molecule has 4 aliphatic heterocycles. The Labute approximate surface area is 115 Å². The van der Waals surface area contributed by atoms with E-state index >= 15 is 0 Å². The molecule has 8 unspecified atom stereocenters. The van der Waals surface area contributed by atoms with Crippen LogP contribution in [0.5, 0.6) is 0 Å². The van der Waals surface area contributed by atoms with Crippen molar-refractivity contribution in [2.45, 2.75) is 62.6 Å². The molecule has 1 N–H and O–H groups in total. The number of rotatable bonds is 3. The van der Waals surface area contributed by atoms with E-state index in [1.54, 1.807) is 0 Å². The second kappa shape index (κ2) is 4.85. The first kappa shape index (κ1) is 13.4. The molecule has 0 aromatic heterocycles. The average Bonchev–Trinajstić information content (AvgIpc) is 3.10. The van der Waals surface area contributed by atoms with E-state index in [1.807, 2.05) is 6.92 Å². The normalized spacial score (nSPS) is 57.5. The van der Waals surface area contributed by atoms with E-state index in [1.165, 1.54) is 7.11 Å². The zero-order valence-corrected chi connectivity index (χ0v) is 11.2. The SMILES string of the molecule is COC1C(OC2C3COC(O3)O[C@H]2C)OC2OC2C1O. The molecule has 0 aliphatic carbocycles. The second-order valence-electron chi connectivity index (χ2n) is 5.40. The summed E-state index contributed by atoms with van der Waals surface area (Å²) in [6, 6.07) is 0. The van der Waals surface area contributed by atoms with Crippen LogP contribution in [0.1, 0.15) is 6.92 Å². The van der Waals surface area contributed by atoms with Gasteiger partial charge >= 0.3 is 0 Å². The summed E-state index contributed by atoms with van der Waals surface area (Å²) in [5.41, 5.74) is 0. The smallest absolute Gasteiger partial charge is 0.272 e. The monoisotopic (exact) mass is 290 g/mol. The summed E-state index contributed by atoms with van der Waals surface area (Å²) in [6.45, 7) is 1.69. The van der Waals surface area contributed by atoms with Crippen molar-refractivity contribution >= 4 is 0 Å². The minimum atomic E-state index is -0.767. The van der Waals surface area contributed by atoms with Crippen LogP contribution in [0, 0.1) is 0 Å². The van der Waals surface area contributed by atoms with Gasteiger partial charge in [-0.05, 0) is 6.92 Å². The van der Waals surface area contributed by atoms with Crippen LogP contribution >= 0.6 is 0 Å². The molecule has 20 heavy (non-hydrogen) atoms. The molecule has 114 valence electrons. The van der Waals surface area contributed by atoms with Crippen molar-refractivity contribution in [1.82, 2.24) is 0 Å². The third kappa shape index (κ3) is 2.08. The lowest BCUT2D eigenvalue weighted by Crippen LogP contribution is -2.55. The van der Waals surface area contributed by atoms with E-state index in [2.05, 4.69) is 0 Å². The molecule has 0 aromatic carbocycles. The maximum absolute atomic E-state index is 10.1. The first-order valence-electron chi connectivity index (χ1n) is 6.77. The molecule has 0 saturated carbocycles. The number of fused-ring (bicyclic) bond motifs is 3. The van der Waals surface area contributed by atoms with Gasteiger partial charge in [-0.15, -0.1) is 0 Å². The Morgan fingerprint density at radius 3 is 2.75 bits per heavy atom. The molecule has 8 nitrogen and oxygen atoms in total. The Morgan fingerprint density at radius 2 is 1.95 bits per heavy atom. The van der Waals surface area contributed by atoms with Crippen molar-refractivity contribution in [2.24, 2.45) is 0 Å². The lowest BCUT2D eigenvalue weighted by atomic mass is 10.1. The quantitative estimate of drug-likeness (QED) is 0.659. The zero-order valence-electron chi connectivity index (χ0n) is 11.2.